The molecule has 5 rings (SSSR count). The van der Waals surface area contributed by atoms with Crippen LogP contribution in [-0.2, 0) is 6.42 Å². The summed E-state index contributed by atoms with van der Waals surface area (Å²) >= 11 is 0. The molecule has 3 aromatic rings. The molecule has 0 saturated carbocycles. The molecule has 1 spiro atoms. The summed E-state index contributed by atoms with van der Waals surface area (Å²) in [5.74, 6) is -0.262. The van der Waals surface area contributed by atoms with E-state index in [1.165, 1.54) is 17.2 Å². The fraction of sp³-hybridized carbons (Fsp3) is 0.292. The smallest absolute Gasteiger partial charge is 0.123 e. The number of hydrogen-bond acceptors (Lipinski definition) is 3. The van der Waals surface area contributed by atoms with E-state index in [1.807, 2.05) is 12.1 Å². The van der Waals surface area contributed by atoms with Crippen molar-refractivity contribution in [2.75, 3.05) is 18.0 Å². The first-order valence-corrected chi connectivity index (χ1v) is 10.1. The van der Waals surface area contributed by atoms with Gasteiger partial charge in [-0.25, -0.2) is 4.39 Å². The van der Waals surface area contributed by atoms with Gasteiger partial charge in [0, 0.05) is 42.2 Å². The third-order valence-corrected chi connectivity index (χ3v) is 6.79. The number of aromatic nitrogens is 2. The van der Waals surface area contributed by atoms with Gasteiger partial charge in [0.1, 0.15) is 5.82 Å². The van der Waals surface area contributed by atoms with E-state index in [4.69, 9.17) is 5.73 Å². The van der Waals surface area contributed by atoms with Crippen LogP contribution in [0.4, 0.5) is 10.1 Å². The first-order valence-electron chi connectivity index (χ1n) is 10.1. The van der Waals surface area contributed by atoms with Gasteiger partial charge in [0.05, 0.1) is 5.69 Å². The lowest BCUT2D eigenvalue weighted by molar-refractivity contribution is 0.187. The van der Waals surface area contributed by atoms with Crippen molar-refractivity contribution in [1.82, 2.24) is 10.2 Å². The highest BCUT2D eigenvalue weighted by Gasteiger charge is 2.45. The molecule has 5 heteroatoms. The number of hydrogen-bond donors (Lipinski definition) is 2. The van der Waals surface area contributed by atoms with Gasteiger partial charge in [-0.1, -0.05) is 30.8 Å². The van der Waals surface area contributed by atoms with Gasteiger partial charge in [-0.3, -0.25) is 5.10 Å². The lowest BCUT2D eigenvalue weighted by Crippen LogP contribution is -2.44. The fourth-order valence-electron chi connectivity index (χ4n) is 5.09. The molecule has 148 valence electrons. The molecule has 2 aromatic carbocycles. The summed E-state index contributed by atoms with van der Waals surface area (Å²) in [5.41, 5.74) is 12.8. The number of benzene rings is 2. The maximum Gasteiger partial charge on any atom is 0.123 e. The van der Waals surface area contributed by atoms with Crippen molar-refractivity contribution >= 4 is 11.3 Å². The lowest BCUT2D eigenvalue weighted by atomic mass is 9.73. The predicted molar refractivity (Wildman–Crippen MR) is 114 cm³/mol. The number of nitrogens with zero attached hydrogens (tertiary/aromatic N) is 2. The summed E-state index contributed by atoms with van der Waals surface area (Å²) in [6, 6.07) is 15.5. The molecule has 0 bridgehead atoms. The number of nitrogens with two attached hydrogens (primary N) is 1. The highest BCUT2D eigenvalue weighted by molar-refractivity contribution is 5.84. The standard InChI is InChI=1S/C24H25FN4/c1-16(21-8-11-27-28-21)20-14-18(25)6-7-22(20)29-12-9-24(10-13-29)15-17-4-2-3-5-19(17)23(24)26/h2-8,11,14,23H,1,9-10,12-13,15,26H2,(H,27,28)/t23-/m1/s1. The molecule has 2 heterocycles. The van der Waals surface area contributed by atoms with Gasteiger partial charge in [-0.15, -0.1) is 0 Å². The zero-order chi connectivity index (χ0) is 20.0. The van der Waals surface area contributed by atoms with E-state index in [0.717, 1.165) is 54.9 Å². The molecule has 0 unspecified atom stereocenters. The van der Waals surface area contributed by atoms with E-state index in [9.17, 15) is 4.39 Å². The normalized spacial score (nSPS) is 20.1. The van der Waals surface area contributed by atoms with Crippen LogP contribution in [0.25, 0.3) is 5.57 Å². The van der Waals surface area contributed by atoms with Crippen molar-refractivity contribution in [1.29, 1.82) is 0 Å². The van der Waals surface area contributed by atoms with Crippen LogP contribution >= 0.6 is 0 Å². The van der Waals surface area contributed by atoms with E-state index in [0.29, 0.717) is 0 Å². The van der Waals surface area contributed by atoms with Crippen molar-refractivity contribution in [2.45, 2.75) is 25.3 Å². The van der Waals surface area contributed by atoms with Gasteiger partial charge in [-0.05, 0) is 60.1 Å². The van der Waals surface area contributed by atoms with E-state index < -0.39 is 0 Å². The summed E-state index contributed by atoms with van der Waals surface area (Å²) in [4.78, 5) is 2.34. The Kier molecular flexibility index (Phi) is 4.28. The molecule has 1 aromatic heterocycles. The van der Waals surface area contributed by atoms with Crippen LogP contribution in [0.3, 0.4) is 0 Å². The van der Waals surface area contributed by atoms with E-state index in [2.05, 4.69) is 45.9 Å². The maximum absolute atomic E-state index is 14.1. The summed E-state index contributed by atoms with van der Waals surface area (Å²) < 4.78 is 14.1. The van der Waals surface area contributed by atoms with Crippen LogP contribution in [0.5, 0.6) is 0 Å². The number of H-pyrrole nitrogens is 1. The second-order valence-corrected chi connectivity index (χ2v) is 8.30. The van der Waals surface area contributed by atoms with Gasteiger partial charge in [0.2, 0.25) is 0 Å². The zero-order valence-electron chi connectivity index (χ0n) is 16.4. The van der Waals surface area contributed by atoms with Crippen LogP contribution in [0.2, 0.25) is 0 Å². The molecule has 4 nitrogen and oxygen atoms in total. The summed E-state index contributed by atoms with van der Waals surface area (Å²) in [6.07, 6.45) is 4.85. The Morgan fingerprint density at radius 1 is 1.17 bits per heavy atom. The molecular formula is C24H25FN4. The van der Waals surface area contributed by atoms with E-state index >= 15 is 0 Å². The number of nitrogens with one attached hydrogen (secondary N) is 1. The van der Waals surface area contributed by atoms with E-state index in [1.54, 1.807) is 12.3 Å². The molecule has 1 saturated heterocycles. The second kappa shape index (κ2) is 6.85. The molecule has 3 N–H and O–H groups in total. The summed E-state index contributed by atoms with van der Waals surface area (Å²) in [5, 5.41) is 7.03. The third-order valence-electron chi connectivity index (χ3n) is 6.79. The quantitative estimate of drug-likeness (QED) is 0.697. The largest absolute Gasteiger partial charge is 0.371 e. The van der Waals surface area contributed by atoms with Crippen LogP contribution in [0, 0.1) is 11.2 Å². The molecule has 2 aliphatic rings. The number of rotatable bonds is 3. The zero-order valence-corrected chi connectivity index (χ0v) is 16.4. The number of fused-ring (bicyclic) bond motifs is 1. The number of anilines is 1. The van der Waals surface area contributed by atoms with Gasteiger partial charge in [-0.2, -0.15) is 5.10 Å². The molecule has 1 aliphatic heterocycles. The van der Waals surface area contributed by atoms with Crippen molar-refractivity contribution in [3.8, 4) is 0 Å². The first-order chi connectivity index (χ1) is 14.1. The summed E-state index contributed by atoms with van der Waals surface area (Å²) in [6.45, 7) is 5.97. The molecule has 29 heavy (non-hydrogen) atoms. The molecule has 1 aliphatic carbocycles. The lowest BCUT2D eigenvalue weighted by Gasteiger charge is -2.43. The summed E-state index contributed by atoms with van der Waals surface area (Å²) in [7, 11) is 0. The van der Waals surface area contributed by atoms with Crippen molar-refractivity contribution in [3.63, 3.8) is 0 Å². The van der Waals surface area contributed by atoms with Gasteiger partial charge in [0.15, 0.2) is 0 Å². The Hall–Kier alpha value is -2.92. The second-order valence-electron chi connectivity index (χ2n) is 8.30. The molecule has 0 amide bonds. The minimum atomic E-state index is -0.262. The van der Waals surface area contributed by atoms with Gasteiger partial charge in [0.25, 0.3) is 0 Å². The van der Waals surface area contributed by atoms with Crippen LogP contribution in [0.15, 0.2) is 61.3 Å². The van der Waals surface area contributed by atoms with Crippen molar-refractivity contribution in [3.05, 3.63) is 89.5 Å². The third kappa shape index (κ3) is 2.97. The van der Waals surface area contributed by atoms with E-state index in [-0.39, 0.29) is 17.3 Å². The predicted octanol–water partition coefficient (Wildman–Crippen LogP) is 4.45. The maximum atomic E-state index is 14.1. The Bertz CT molecular complexity index is 1050. The van der Waals surface area contributed by atoms with Crippen LogP contribution in [0.1, 0.15) is 41.3 Å². The Labute approximate surface area is 170 Å². The Balaban J connectivity index is 1.40. The van der Waals surface area contributed by atoms with Crippen LogP contribution in [-0.4, -0.2) is 23.3 Å². The first kappa shape index (κ1) is 18.1. The number of piperidine rings is 1. The Morgan fingerprint density at radius 2 is 1.97 bits per heavy atom. The number of halogens is 1. The molecule has 1 atom stereocenters. The minimum Gasteiger partial charge on any atom is -0.371 e. The monoisotopic (exact) mass is 388 g/mol. The molecule has 1 fully saturated rings. The Morgan fingerprint density at radius 3 is 2.69 bits per heavy atom. The number of aromatic amines is 1. The fourth-order valence-corrected chi connectivity index (χ4v) is 5.09. The van der Waals surface area contributed by atoms with Gasteiger partial charge >= 0.3 is 0 Å². The average Bonchev–Trinajstić information content (AvgIpc) is 3.36. The van der Waals surface area contributed by atoms with Crippen molar-refractivity contribution < 1.29 is 4.39 Å². The van der Waals surface area contributed by atoms with Crippen LogP contribution < -0.4 is 10.6 Å². The topological polar surface area (TPSA) is 57.9 Å². The average molecular weight is 388 g/mol. The molecular weight excluding hydrogens is 363 g/mol. The minimum absolute atomic E-state index is 0.0903. The highest BCUT2D eigenvalue weighted by Crippen LogP contribution is 2.51. The van der Waals surface area contributed by atoms with Crippen molar-refractivity contribution in [2.24, 2.45) is 11.1 Å². The van der Waals surface area contributed by atoms with Gasteiger partial charge < -0.3 is 10.6 Å². The highest BCUT2D eigenvalue weighted by atomic mass is 19.1. The SMILES string of the molecule is C=C(c1cc[nH]n1)c1cc(F)ccc1N1CCC2(CC1)Cc1ccccc1[C@H]2N. The molecule has 0 radical (unpaired) electrons.